The first-order chi connectivity index (χ1) is 16.7. The van der Waals surface area contributed by atoms with Crippen molar-refractivity contribution in [2.75, 3.05) is 12.3 Å². The Morgan fingerprint density at radius 2 is 2.09 bits per heavy atom. The number of benzene rings is 1. The molecule has 184 valence electrons. The van der Waals surface area contributed by atoms with Crippen LogP contribution in [0, 0.1) is 6.92 Å². The number of carbonyl (C=O) groups excluding carboxylic acids is 2. The highest BCUT2D eigenvalue weighted by Gasteiger charge is 2.40. The number of alkyl halides is 1. The topological polar surface area (TPSA) is 130 Å². The van der Waals surface area contributed by atoms with E-state index in [-0.39, 0.29) is 31.1 Å². The van der Waals surface area contributed by atoms with Gasteiger partial charge in [0.1, 0.15) is 18.0 Å². The van der Waals surface area contributed by atoms with Gasteiger partial charge in [-0.05, 0) is 35.6 Å². The lowest BCUT2D eigenvalue weighted by atomic mass is 9.91. The number of carbonyl (C=O) groups is 2. The lowest BCUT2D eigenvalue weighted by Crippen LogP contribution is -2.47. The zero-order valence-electron chi connectivity index (χ0n) is 20.0. The number of anilines is 1. The van der Waals surface area contributed by atoms with Gasteiger partial charge in [-0.25, -0.2) is 9.37 Å². The van der Waals surface area contributed by atoms with Crippen molar-refractivity contribution in [2.45, 2.75) is 57.8 Å². The molecule has 9 nitrogen and oxygen atoms in total. The van der Waals surface area contributed by atoms with E-state index in [0.717, 1.165) is 11.1 Å². The standard InChI is InChI=1S/C25H30FN7O2/c1-14(2)19-7-6-16(9-15(19)3)23(20-5-4-8-28-24(20)27)30-25(35)21-10-17(26)13-33(21)22(34)11-18-12-29-32-31-18/h4-9,12,14,17,21,23H,10-11,13H2,1-3H3,(H2,27,28)(H,30,35)(H,29,31,32)/t17-,21+,23?/m1/s1. The number of likely N-dealkylation sites (tertiary alicyclic amines) is 1. The molecule has 4 rings (SSSR count). The predicted molar refractivity (Wildman–Crippen MR) is 129 cm³/mol. The van der Waals surface area contributed by atoms with Crippen LogP contribution < -0.4 is 11.1 Å². The normalized spacial score (nSPS) is 18.6. The first kappa shape index (κ1) is 24.3. The largest absolute Gasteiger partial charge is 0.383 e. The Hall–Kier alpha value is -3.82. The summed E-state index contributed by atoms with van der Waals surface area (Å²) in [4.78, 5) is 31.8. The van der Waals surface area contributed by atoms with Crippen LogP contribution in [0.1, 0.15) is 60.2 Å². The maximum atomic E-state index is 14.4. The third-order valence-corrected chi connectivity index (χ3v) is 6.39. The van der Waals surface area contributed by atoms with E-state index in [2.05, 4.69) is 39.6 Å². The molecule has 3 atom stereocenters. The lowest BCUT2D eigenvalue weighted by Gasteiger charge is -2.27. The van der Waals surface area contributed by atoms with E-state index < -0.39 is 24.2 Å². The molecule has 10 heteroatoms. The Kier molecular flexibility index (Phi) is 7.09. The van der Waals surface area contributed by atoms with Gasteiger partial charge >= 0.3 is 0 Å². The Balaban J connectivity index is 1.62. The van der Waals surface area contributed by atoms with Crippen molar-refractivity contribution < 1.29 is 14.0 Å². The SMILES string of the molecule is Cc1cc(C(NC(=O)[C@@H]2C[C@@H](F)CN2C(=O)Cc2cn[nH]n2)c2cccnc2N)ccc1C(C)C. The molecule has 1 aliphatic heterocycles. The average molecular weight is 480 g/mol. The molecule has 0 radical (unpaired) electrons. The Morgan fingerprint density at radius 3 is 2.74 bits per heavy atom. The fraction of sp³-hybridized carbons (Fsp3) is 0.400. The van der Waals surface area contributed by atoms with Crippen LogP contribution in [0.2, 0.25) is 0 Å². The lowest BCUT2D eigenvalue weighted by molar-refractivity contribution is -0.138. The van der Waals surface area contributed by atoms with Crippen molar-refractivity contribution >= 4 is 17.6 Å². The number of nitrogens with one attached hydrogen (secondary N) is 2. The molecule has 0 bridgehead atoms. The summed E-state index contributed by atoms with van der Waals surface area (Å²) in [5, 5.41) is 13.0. The maximum absolute atomic E-state index is 14.4. The fourth-order valence-electron chi connectivity index (χ4n) is 4.66. The summed E-state index contributed by atoms with van der Waals surface area (Å²) < 4.78 is 14.4. The van der Waals surface area contributed by atoms with Crippen molar-refractivity contribution in [3.63, 3.8) is 0 Å². The van der Waals surface area contributed by atoms with E-state index in [1.54, 1.807) is 18.3 Å². The number of rotatable bonds is 7. The Bertz CT molecular complexity index is 1200. The number of halogens is 1. The molecule has 0 saturated carbocycles. The summed E-state index contributed by atoms with van der Waals surface area (Å²) in [6.45, 7) is 6.13. The highest BCUT2D eigenvalue weighted by molar-refractivity contribution is 5.89. The zero-order chi connectivity index (χ0) is 25.1. The van der Waals surface area contributed by atoms with Crippen LogP contribution in [0.3, 0.4) is 0 Å². The second kappa shape index (κ2) is 10.2. The van der Waals surface area contributed by atoms with E-state index in [1.807, 2.05) is 25.1 Å². The van der Waals surface area contributed by atoms with E-state index >= 15 is 0 Å². The molecular formula is C25H30FN7O2. The molecule has 4 N–H and O–H groups in total. The number of nitrogens with zero attached hydrogens (tertiary/aromatic N) is 4. The minimum atomic E-state index is -1.29. The van der Waals surface area contributed by atoms with Crippen molar-refractivity contribution in [3.05, 3.63) is 70.7 Å². The molecule has 1 aliphatic rings. The molecule has 1 saturated heterocycles. The van der Waals surface area contributed by atoms with Gasteiger partial charge in [-0.15, -0.1) is 0 Å². The van der Waals surface area contributed by atoms with Crippen LogP contribution in [0.25, 0.3) is 0 Å². The van der Waals surface area contributed by atoms with Gasteiger partial charge in [-0.2, -0.15) is 15.4 Å². The molecule has 3 aromatic rings. The highest BCUT2D eigenvalue weighted by Crippen LogP contribution is 2.30. The number of aryl methyl sites for hydroxylation is 1. The van der Waals surface area contributed by atoms with Gasteiger partial charge in [0.25, 0.3) is 0 Å². The molecule has 2 aromatic heterocycles. The molecule has 0 aliphatic carbocycles. The summed E-state index contributed by atoms with van der Waals surface area (Å²) in [6, 6.07) is 8.03. The summed E-state index contributed by atoms with van der Waals surface area (Å²) in [5.74, 6) is -0.187. The number of aromatic amines is 1. The number of aromatic nitrogens is 4. The highest BCUT2D eigenvalue weighted by atomic mass is 19.1. The van der Waals surface area contributed by atoms with Crippen LogP contribution in [-0.2, 0) is 16.0 Å². The molecule has 0 spiro atoms. The van der Waals surface area contributed by atoms with Crippen molar-refractivity contribution in [1.82, 2.24) is 30.6 Å². The van der Waals surface area contributed by atoms with E-state index in [4.69, 9.17) is 5.73 Å². The summed E-state index contributed by atoms with van der Waals surface area (Å²) in [5.41, 5.74) is 10.4. The Morgan fingerprint density at radius 1 is 1.29 bits per heavy atom. The zero-order valence-corrected chi connectivity index (χ0v) is 20.0. The van der Waals surface area contributed by atoms with E-state index in [0.29, 0.717) is 17.2 Å². The fourth-order valence-corrected chi connectivity index (χ4v) is 4.66. The number of pyridine rings is 1. The van der Waals surface area contributed by atoms with Crippen molar-refractivity contribution in [3.8, 4) is 0 Å². The first-order valence-corrected chi connectivity index (χ1v) is 11.6. The summed E-state index contributed by atoms with van der Waals surface area (Å²) >= 11 is 0. The van der Waals surface area contributed by atoms with Crippen LogP contribution >= 0.6 is 0 Å². The van der Waals surface area contributed by atoms with E-state index in [1.165, 1.54) is 16.7 Å². The molecule has 1 fully saturated rings. The number of amides is 2. The van der Waals surface area contributed by atoms with Crippen LogP contribution in [0.4, 0.5) is 10.2 Å². The number of hydrogen-bond acceptors (Lipinski definition) is 6. The third kappa shape index (κ3) is 5.31. The first-order valence-electron chi connectivity index (χ1n) is 11.6. The minimum Gasteiger partial charge on any atom is -0.383 e. The molecule has 2 amide bonds. The van der Waals surface area contributed by atoms with Crippen LogP contribution in [0.5, 0.6) is 0 Å². The molecule has 1 unspecified atom stereocenters. The van der Waals surface area contributed by atoms with Gasteiger partial charge in [-0.1, -0.05) is 38.1 Å². The molecule has 3 heterocycles. The van der Waals surface area contributed by atoms with Crippen LogP contribution in [-0.4, -0.2) is 55.9 Å². The average Bonchev–Trinajstić information content (AvgIpc) is 3.47. The second-order valence-electron chi connectivity index (χ2n) is 9.22. The molecule has 35 heavy (non-hydrogen) atoms. The van der Waals surface area contributed by atoms with Crippen molar-refractivity contribution in [1.29, 1.82) is 0 Å². The van der Waals surface area contributed by atoms with Crippen molar-refractivity contribution in [2.24, 2.45) is 0 Å². The van der Waals surface area contributed by atoms with Gasteiger partial charge in [0.2, 0.25) is 11.8 Å². The number of hydrogen-bond donors (Lipinski definition) is 3. The van der Waals surface area contributed by atoms with Gasteiger partial charge < -0.3 is 16.0 Å². The van der Waals surface area contributed by atoms with Gasteiger partial charge in [0, 0.05) is 18.2 Å². The Labute approximate surface area is 203 Å². The van der Waals surface area contributed by atoms with Gasteiger partial charge in [0.15, 0.2) is 0 Å². The van der Waals surface area contributed by atoms with E-state index in [9.17, 15) is 14.0 Å². The quantitative estimate of drug-likeness (QED) is 0.478. The van der Waals surface area contributed by atoms with Crippen LogP contribution in [0.15, 0.2) is 42.7 Å². The maximum Gasteiger partial charge on any atom is 0.243 e. The van der Waals surface area contributed by atoms with Gasteiger partial charge in [0.05, 0.1) is 30.9 Å². The number of nitrogens with two attached hydrogens (primary N) is 1. The monoisotopic (exact) mass is 479 g/mol. The number of H-pyrrole nitrogens is 1. The third-order valence-electron chi connectivity index (χ3n) is 6.39. The number of nitrogen functional groups attached to an aromatic ring is 1. The minimum absolute atomic E-state index is 0.0676. The molecule has 1 aromatic carbocycles. The summed E-state index contributed by atoms with van der Waals surface area (Å²) in [6.07, 6.45) is 1.58. The van der Waals surface area contributed by atoms with Gasteiger partial charge in [-0.3, -0.25) is 9.59 Å². The second-order valence-corrected chi connectivity index (χ2v) is 9.22. The predicted octanol–water partition coefficient (Wildman–Crippen LogP) is 2.60. The molecular weight excluding hydrogens is 449 g/mol. The summed E-state index contributed by atoms with van der Waals surface area (Å²) in [7, 11) is 0. The smallest absolute Gasteiger partial charge is 0.243 e.